The van der Waals surface area contributed by atoms with Crippen LogP contribution < -0.4 is 10.6 Å². The lowest BCUT2D eigenvalue weighted by molar-refractivity contribution is -0.114. The molecular formula is C19H25ClN6O. The maximum atomic E-state index is 11.5. The molecule has 0 spiro atoms. The minimum atomic E-state index is 0.120. The fourth-order valence-corrected chi connectivity index (χ4v) is 3.62. The van der Waals surface area contributed by atoms with Crippen LogP contribution in [0.15, 0.2) is 31.2 Å². The fraction of sp³-hybridized carbons (Fsp3) is 0.474. The van der Waals surface area contributed by atoms with Gasteiger partial charge in [0.1, 0.15) is 5.02 Å². The molecule has 2 aromatic heterocycles. The van der Waals surface area contributed by atoms with Gasteiger partial charge in [0.25, 0.3) is 0 Å². The first-order chi connectivity index (χ1) is 13.0. The van der Waals surface area contributed by atoms with E-state index >= 15 is 0 Å². The van der Waals surface area contributed by atoms with Crippen LogP contribution in [-0.2, 0) is 11.8 Å². The number of aromatic nitrogens is 4. The molecule has 1 aliphatic rings. The zero-order chi connectivity index (χ0) is 19.2. The summed E-state index contributed by atoms with van der Waals surface area (Å²) in [4.78, 5) is 20.2. The topological polar surface area (TPSA) is 84.7 Å². The van der Waals surface area contributed by atoms with Gasteiger partial charge in [0.2, 0.25) is 5.95 Å². The summed E-state index contributed by atoms with van der Waals surface area (Å²) in [6.45, 7) is 3.54. The predicted octanol–water partition coefficient (Wildman–Crippen LogP) is 4.11. The molecule has 2 heterocycles. The zero-order valence-corrected chi connectivity index (χ0v) is 16.2. The SMILES string of the molecule is C=CC(=O)CCC1CCCC(Nc2nc(Nc3cnn(C)c3)ncc2Cl)C1. The Labute approximate surface area is 164 Å². The summed E-state index contributed by atoms with van der Waals surface area (Å²) in [5, 5.41) is 11.2. The van der Waals surface area contributed by atoms with Crippen molar-refractivity contribution in [2.45, 2.75) is 44.6 Å². The number of hydrogen-bond acceptors (Lipinski definition) is 6. The number of allylic oxidation sites excluding steroid dienone is 1. The molecular weight excluding hydrogens is 364 g/mol. The van der Waals surface area contributed by atoms with E-state index in [1.54, 1.807) is 17.1 Å². The second-order valence-corrected chi connectivity index (χ2v) is 7.41. The Bertz CT molecular complexity index is 805. The van der Waals surface area contributed by atoms with E-state index in [0.717, 1.165) is 37.8 Å². The largest absolute Gasteiger partial charge is 0.366 e. The third kappa shape index (κ3) is 5.53. The van der Waals surface area contributed by atoms with Gasteiger partial charge in [0.15, 0.2) is 11.6 Å². The molecule has 7 nitrogen and oxygen atoms in total. The Hall–Kier alpha value is -2.41. The molecule has 0 amide bonds. The molecule has 1 fully saturated rings. The molecule has 1 saturated carbocycles. The van der Waals surface area contributed by atoms with Crippen molar-refractivity contribution in [1.29, 1.82) is 0 Å². The van der Waals surface area contributed by atoms with Crippen molar-refractivity contribution in [2.24, 2.45) is 13.0 Å². The van der Waals surface area contributed by atoms with Gasteiger partial charge in [-0.05, 0) is 31.3 Å². The molecule has 0 aromatic carbocycles. The van der Waals surface area contributed by atoms with Gasteiger partial charge in [-0.15, -0.1) is 0 Å². The number of carbonyl (C=O) groups is 1. The molecule has 0 radical (unpaired) electrons. The number of ketones is 1. The molecule has 2 N–H and O–H groups in total. The number of nitrogens with one attached hydrogen (secondary N) is 2. The predicted molar refractivity (Wildman–Crippen MR) is 107 cm³/mol. The maximum Gasteiger partial charge on any atom is 0.229 e. The Balaban J connectivity index is 1.61. The van der Waals surface area contributed by atoms with E-state index in [1.807, 2.05) is 13.2 Å². The molecule has 0 aliphatic heterocycles. The lowest BCUT2D eigenvalue weighted by Crippen LogP contribution is -2.28. The monoisotopic (exact) mass is 388 g/mol. The third-order valence-corrected chi connectivity index (χ3v) is 5.13. The molecule has 1 aliphatic carbocycles. The van der Waals surface area contributed by atoms with Crippen LogP contribution in [0, 0.1) is 5.92 Å². The van der Waals surface area contributed by atoms with Crippen LogP contribution in [0.2, 0.25) is 5.02 Å². The number of aryl methyl sites for hydroxylation is 1. The van der Waals surface area contributed by atoms with Crippen molar-refractivity contribution in [3.8, 4) is 0 Å². The van der Waals surface area contributed by atoms with E-state index < -0.39 is 0 Å². The van der Waals surface area contributed by atoms with Crippen LogP contribution in [-0.4, -0.2) is 31.6 Å². The molecule has 0 bridgehead atoms. The summed E-state index contributed by atoms with van der Waals surface area (Å²) in [6.07, 6.45) is 12.4. The average Bonchev–Trinajstić information content (AvgIpc) is 3.07. The Morgan fingerprint density at radius 2 is 2.30 bits per heavy atom. The van der Waals surface area contributed by atoms with Gasteiger partial charge < -0.3 is 10.6 Å². The molecule has 0 saturated heterocycles. The minimum Gasteiger partial charge on any atom is -0.366 e. The molecule has 27 heavy (non-hydrogen) atoms. The number of anilines is 3. The highest BCUT2D eigenvalue weighted by atomic mass is 35.5. The number of halogens is 1. The smallest absolute Gasteiger partial charge is 0.229 e. The summed E-state index contributed by atoms with van der Waals surface area (Å²) >= 11 is 6.29. The van der Waals surface area contributed by atoms with Crippen LogP contribution in [0.4, 0.5) is 17.5 Å². The third-order valence-electron chi connectivity index (χ3n) is 4.86. The number of rotatable bonds is 8. The van der Waals surface area contributed by atoms with Crippen LogP contribution in [0.5, 0.6) is 0 Å². The summed E-state index contributed by atoms with van der Waals surface area (Å²) in [5.41, 5.74) is 0.815. The quantitative estimate of drug-likeness (QED) is 0.662. The van der Waals surface area contributed by atoms with E-state index in [-0.39, 0.29) is 5.78 Å². The van der Waals surface area contributed by atoms with Gasteiger partial charge in [-0.1, -0.05) is 31.0 Å². The van der Waals surface area contributed by atoms with Gasteiger partial charge in [0, 0.05) is 25.7 Å². The Morgan fingerprint density at radius 3 is 3.04 bits per heavy atom. The van der Waals surface area contributed by atoms with Crippen LogP contribution in [0.1, 0.15) is 38.5 Å². The Kier molecular flexibility index (Phi) is 6.45. The minimum absolute atomic E-state index is 0.120. The van der Waals surface area contributed by atoms with Crippen molar-refractivity contribution >= 4 is 34.8 Å². The van der Waals surface area contributed by atoms with Crippen molar-refractivity contribution in [1.82, 2.24) is 19.7 Å². The van der Waals surface area contributed by atoms with Crippen LogP contribution >= 0.6 is 11.6 Å². The van der Waals surface area contributed by atoms with Gasteiger partial charge in [-0.3, -0.25) is 9.48 Å². The second-order valence-electron chi connectivity index (χ2n) is 7.00. The first-order valence-corrected chi connectivity index (χ1v) is 9.61. The fourth-order valence-electron chi connectivity index (χ4n) is 3.47. The standard InChI is InChI=1S/C19H25ClN6O/c1-3-16(27)8-7-13-5-4-6-14(9-13)23-18-17(20)11-21-19(25-18)24-15-10-22-26(2)12-15/h3,10-14H,1,4-9H2,2H3,(H2,21,23,24,25). The van der Waals surface area contributed by atoms with Crippen LogP contribution in [0.25, 0.3) is 0 Å². The highest BCUT2D eigenvalue weighted by molar-refractivity contribution is 6.32. The van der Waals surface area contributed by atoms with Gasteiger partial charge >= 0.3 is 0 Å². The van der Waals surface area contributed by atoms with E-state index in [2.05, 4.69) is 32.3 Å². The number of hydrogen-bond donors (Lipinski definition) is 2. The van der Waals surface area contributed by atoms with Gasteiger partial charge in [-0.25, -0.2) is 4.98 Å². The second kappa shape index (κ2) is 8.99. The summed E-state index contributed by atoms with van der Waals surface area (Å²) in [5.74, 6) is 1.76. The summed E-state index contributed by atoms with van der Waals surface area (Å²) < 4.78 is 1.71. The Morgan fingerprint density at radius 1 is 1.44 bits per heavy atom. The first-order valence-electron chi connectivity index (χ1n) is 9.23. The van der Waals surface area contributed by atoms with E-state index in [0.29, 0.717) is 35.2 Å². The molecule has 8 heteroatoms. The molecule has 2 unspecified atom stereocenters. The van der Waals surface area contributed by atoms with E-state index in [9.17, 15) is 4.79 Å². The molecule has 3 rings (SSSR count). The van der Waals surface area contributed by atoms with Crippen molar-refractivity contribution in [3.05, 3.63) is 36.3 Å². The van der Waals surface area contributed by atoms with Crippen molar-refractivity contribution in [2.75, 3.05) is 10.6 Å². The molecule has 2 aromatic rings. The molecule has 144 valence electrons. The highest BCUT2D eigenvalue weighted by Crippen LogP contribution is 2.31. The number of carbonyl (C=O) groups excluding carboxylic acids is 1. The van der Waals surface area contributed by atoms with Gasteiger partial charge in [-0.2, -0.15) is 10.1 Å². The van der Waals surface area contributed by atoms with E-state index in [4.69, 9.17) is 11.6 Å². The lowest BCUT2D eigenvalue weighted by Gasteiger charge is -2.30. The van der Waals surface area contributed by atoms with Gasteiger partial charge in [0.05, 0.1) is 18.1 Å². The maximum absolute atomic E-state index is 11.5. The zero-order valence-electron chi connectivity index (χ0n) is 15.5. The highest BCUT2D eigenvalue weighted by Gasteiger charge is 2.23. The summed E-state index contributed by atoms with van der Waals surface area (Å²) in [7, 11) is 1.85. The molecule has 2 atom stereocenters. The summed E-state index contributed by atoms with van der Waals surface area (Å²) in [6, 6.07) is 0.293. The van der Waals surface area contributed by atoms with E-state index in [1.165, 1.54) is 6.08 Å². The average molecular weight is 389 g/mol. The van der Waals surface area contributed by atoms with Crippen LogP contribution in [0.3, 0.4) is 0 Å². The lowest BCUT2D eigenvalue weighted by atomic mass is 9.82. The van der Waals surface area contributed by atoms with Crippen molar-refractivity contribution < 1.29 is 4.79 Å². The van der Waals surface area contributed by atoms with Crippen molar-refractivity contribution in [3.63, 3.8) is 0 Å². The normalized spacial score (nSPS) is 19.5. The number of nitrogens with zero attached hydrogens (tertiary/aromatic N) is 4. The first kappa shape index (κ1) is 19.4.